The van der Waals surface area contributed by atoms with E-state index in [1.54, 1.807) is 4.90 Å². The number of aliphatic hydroxyl groups excluding tert-OH is 1. The maximum Gasteiger partial charge on any atom is 0.421 e. The summed E-state index contributed by atoms with van der Waals surface area (Å²) in [6.07, 6.45) is -4.46. The molecular formula is C25H28F4N2O5S. The zero-order valence-corrected chi connectivity index (χ0v) is 20.9. The highest BCUT2D eigenvalue weighted by Crippen LogP contribution is 2.43. The van der Waals surface area contributed by atoms with Gasteiger partial charge in [0, 0.05) is 19.5 Å². The second-order valence-corrected chi connectivity index (χ2v) is 11.5. The van der Waals surface area contributed by atoms with E-state index in [9.17, 15) is 41.0 Å². The fraction of sp³-hybridized carbons (Fsp3) is 0.480. The number of alkyl halides is 3. The zero-order valence-electron chi connectivity index (χ0n) is 20.1. The van der Waals surface area contributed by atoms with E-state index in [2.05, 4.69) is 0 Å². The highest BCUT2D eigenvalue weighted by atomic mass is 32.2. The lowest BCUT2D eigenvalue weighted by atomic mass is 9.89. The van der Waals surface area contributed by atoms with Gasteiger partial charge in [0.05, 0.1) is 22.7 Å². The maximum absolute atomic E-state index is 13.7. The summed E-state index contributed by atoms with van der Waals surface area (Å²) in [5.41, 5.74) is -3.20. The molecule has 37 heavy (non-hydrogen) atoms. The molecule has 2 unspecified atom stereocenters. The van der Waals surface area contributed by atoms with Gasteiger partial charge in [0.15, 0.2) is 5.60 Å². The van der Waals surface area contributed by atoms with Crippen molar-refractivity contribution in [1.82, 2.24) is 4.90 Å². The van der Waals surface area contributed by atoms with Crippen LogP contribution in [0.1, 0.15) is 43.7 Å². The minimum Gasteiger partial charge on any atom is -0.393 e. The number of sulfonamides is 1. The minimum absolute atomic E-state index is 0.101. The monoisotopic (exact) mass is 544 g/mol. The lowest BCUT2D eigenvalue weighted by Crippen LogP contribution is -2.48. The Bertz CT molecular complexity index is 1260. The van der Waals surface area contributed by atoms with Crippen LogP contribution in [-0.4, -0.2) is 60.8 Å². The second kappa shape index (κ2) is 9.88. The average molecular weight is 545 g/mol. The highest BCUT2D eigenvalue weighted by Gasteiger charge is 2.51. The molecule has 2 aromatic carbocycles. The predicted molar refractivity (Wildman–Crippen MR) is 127 cm³/mol. The molecule has 0 radical (unpaired) electrons. The summed E-state index contributed by atoms with van der Waals surface area (Å²) in [5, 5.41) is 19.9. The zero-order chi connectivity index (χ0) is 27.2. The standard InChI is InChI=1S/C25H28F4N2O5S/c1-24(34,25(27,28)29)17-3-9-22-16(14-17)2-6-19(15-23(33)30-12-10-20(32)11-13-30)31(22)37(35,36)21-7-4-18(26)5-8-21/h3-5,7-9,14,19-20,32,34H,2,6,10-13,15H2,1H3. The van der Waals surface area contributed by atoms with Gasteiger partial charge >= 0.3 is 6.18 Å². The van der Waals surface area contributed by atoms with Crippen LogP contribution in [-0.2, 0) is 26.8 Å². The van der Waals surface area contributed by atoms with E-state index >= 15 is 0 Å². The number of likely N-dealkylation sites (tertiary alicyclic amines) is 1. The van der Waals surface area contributed by atoms with E-state index in [0.29, 0.717) is 32.9 Å². The number of halogens is 4. The van der Waals surface area contributed by atoms with Crippen LogP contribution >= 0.6 is 0 Å². The molecule has 202 valence electrons. The minimum atomic E-state index is -4.95. The molecular weight excluding hydrogens is 516 g/mol. The van der Waals surface area contributed by atoms with Gasteiger partial charge in [-0.05, 0) is 74.1 Å². The van der Waals surface area contributed by atoms with Gasteiger partial charge in [-0.2, -0.15) is 13.2 Å². The van der Waals surface area contributed by atoms with Gasteiger partial charge in [0.2, 0.25) is 5.91 Å². The fourth-order valence-electron chi connectivity index (χ4n) is 4.78. The molecule has 2 atom stereocenters. The van der Waals surface area contributed by atoms with Crippen LogP contribution in [0.2, 0.25) is 0 Å². The average Bonchev–Trinajstić information content (AvgIpc) is 2.83. The van der Waals surface area contributed by atoms with Crippen LogP contribution in [0.4, 0.5) is 23.2 Å². The van der Waals surface area contributed by atoms with E-state index in [1.807, 2.05) is 0 Å². The maximum atomic E-state index is 13.7. The van der Waals surface area contributed by atoms with Crippen molar-refractivity contribution in [2.24, 2.45) is 0 Å². The summed E-state index contributed by atoms with van der Waals surface area (Å²) in [4.78, 5) is 14.4. The fourth-order valence-corrected chi connectivity index (χ4v) is 6.50. The van der Waals surface area contributed by atoms with Gasteiger partial charge in [-0.3, -0.25) is 9.10 Å². The SMILES string of the molecule is CC(O)(c1ccc2c(c1)CCC(CC(=O)N1CCC(O)CC1)N2S(=O)(=O)c1ccc(F)cc1)C(F)(F)F. The Balaban J connectivity index is 1.73. The second-order valence-electron chi connectivity index (χ2n) is 9.68. The molecule has 0 aromatic heterocycles. The van der Waals surface area contributed by atoms with Crippen LogP contribution in [0.5, 0.6) is 0 Å². The molecule has 12 heteroatoms. The smallest absolute Gasteiger partial charge is 0.393 e. The Labute approximate surface area is 212 Å². The Hall–Kier alpha value is -2.70. The predicted octanol–water partition coefficient (Wildman–Crippen LogP) is 3.48. The Kier molecular flexibility index (Phi) is 7.30. The molecule has 0 aliphatic carbocycles. The number of anilines is 1. The Morgan fingerprint density at radius 1 is 1.05 bits per heavy atom. The van der Waals surface area contributed by atoms with Crippen molar-refractivity contribution in [1.29, 1.82) is 0 Å². The molecule has 0 saturated carbocycles. The molecule has 0 spiro atoms. The van der Waals surface area contributed by atoms with Gasteiger partial charge in [0.1, 0.15) is 5.82 Å². The van der Waals surface area contributed by atoms with Crippen molar-refractivity contribution in [3.8, 4) is 0 Å². The highest BCUT2D eigenvalue weighted by molar-refractivity contribution is 7.92. The first kappa shape index (κ1) is 27.3. The summed E-state index contributed by atoms with van der Waals surface area (Å²) in [5.74, 6) is -0.938. The summed E-state index contributed by atoms with van der Waals surface area (Å²) >= 11 is 0. The van der Waals surface area contributed by atoms with Crippen LogP contribution in [0, 0.1) is 5.82 Å². The first-order valence-corrected chi connectivity index (χ1v) is 13.3. The lowest BCUT2D eigenvalue weighted by Gasteiger charge is -2.39. The van der Waals surface area contributed by atoms with Crippen molar-refractivity contribution in [3.05, 3.63) is 59.4 Å². The van der Waals surface area contributed by atoms with Crippen molar-refractivity contribution >= 4 is 21.6 Å². The largest absolute Gasteiger partial charge is 0.421 e. The van der Waals surface area contributed by atoms with Gasteiger partial charge in [-0.15, -0.1) is 0 Å². The number of aryl methyl sites for hydroxylation is 1. The summed E-state index contributed by atoms with van der Waals surface area (Å²) in [7, 11) is -4.33. The first-order valence-electron chi connectivity index (χ1n) is 11.9. The van der Waals surface area contributed by atoms with E-state index in [0.717, 1.165) is 40.7 Å². The molecule has 1 amide bonds. The van der Waals surface area contributed by atoms with Crippen molar-refractivity contribution < 1.29 is 41.0 Å². The Morgan fingerprint density at radius 2 is 1.68 bits per heavy atom. The third-order valence-electron chi connectivity index (χ3n) is 7.11. The number of fused-ring (bicyclic) bond motifs is 1. The summed E-state index contributed by atoms with van der Waals surface area (Å²) < 4.78 is 82.3. The van der Waals surface area contributed by atoms with Gasteiger partial charge < -0.3 is 15.1 Å². The van der Waals surface area contributed by atoms with Crippen molar-refractivity contribution in [3.63, 3.8) is 0 Å². The topological polar surface area (TPSA) is 98.1 Å². The first-order chi connectivity index (χ1) is 17.2. The molecule has 2 heterocycles. The van der Waals surface area contributed by atoms with E-state index in [4.69, 9.17) is 0 Å². The number of hydrogen-bond acceptors (Lipinski definition) is 5. The van der Waals surface area contributed by atoms with Gasteiger partial charge in [-0.1, -0.05) is 12.1 Å². The number of hydrogen-bond donors (Lipinski definition) is 2. The number of carbonyl (C=O) groups excluding carboxylic acids is 1. The Morgan fingerprint density at radius 3 is 2.27 bits per heavy atom. The van der Waals surface area contributed by atoms with Crippen LogP contribution < -0.4 is 4.31 Å². The lowest BCUT2D eigenvalue weighted by molar-refractivity contribution is -0.258. The van der Waals surface area contributed by atoms with Gasteiger partial charge in [0.25, 0.3) is 10.0 Å². The third kappa shape index (κ3) is 5.32. The molecule has 4 rings (SSSR count). The van der Waals surface area contributed by atoms with Crippen LogP contribution in [0.25, 0.3) is 0 Å². The van der Waals surface area contributed by atoms with E-state index in [-0.39, 0.29) is 41.3 Å². The third-order valence-corrected chi connectivity index (χ3v) is 8.99. The van der Waals surface area contributed by atoms with Crippen LogP contribution in [0.3, 0.4) is 0 Å². The van der Waals surface area contributed by atoms with E-state index in [1.165, 1.54) is 6.07 Å². The number of rotatable bonds is 5. The molecule has 2 aliphatic rings. The number of carbonyl (C=O) groups is 1. The van der Waals surface area contributed by atoms with Crippen LogP contribution in [0.15, 0.2) is 47.4 Å². The number of amides is 1. The molecule has 1 saturated heterocycles. The molecule has 7 nitrogen and oxygen atoms in total. The normalized spacial score (nSPS) is 20.9. The number of aliphatic hydroxyl groups is 2. The van der Waals surface area contributed by atoms with Crippen molar-refractivity contribution in [2.75, 3.05) is 17.4 Å². The summed E-state index contributed by atoms with van der Waals surface area (Å²) in [6.45, 7) is 1.30. The molecule has 2 aromatic rings. The van der Waals surface area contributed by atoms with Gasteiger partial charge in [-0.25, -0.2) is 12.8 Å². The molecule has 2 N–H and O–H groups in total. The van der Waals surface area contributed by atoms with E-state index < -0.39 is 45.3 Å². The quantitative estimate of drug-likeness (QED) is 0.562. The molecule has 0 bridgehead atoms. The van der Waals surface area contributed by atoms with Crippen molar-refractivity contribution in [2.45, 2.75) is 67.8 Å². The molecule has 1 fully saturated rings. The number of benzene rings is 2. The molecule has 2 aliphatic heterocycles. The summed E-state index contributed by atoms with van der Waals surface area (Å²) in [6, 6.07) is 6.69. The number of piperidine rings is 1. The number of nitrogens with zero attached hydrogens (tertiary/aromatic N) is 2.